The molecule has 1 aromatic carbocycles. The molecule has 1 aromatic rings. The van der Waals surface area contributed by atoms with Gasteiger partial charge in [0.05, 0.1) is 11.5 Å². The molecule has 0 bridgehead atoms. The smallest absolute Gasteiger partial charge is 0.286 e. The summed E-state index contributed by atoms with van der Waals surface area (Å²) in [4.78, 5) is 9.59. The number of ether oxygens (including phenoxy) is 1. The van der Waals surface area contributed by atoms with Gasteiger partial charge in [-0.3, -0.25) is 10.1 Å². The van der Waals surface area contributed by atoms with Gasteiger partial charge in [-0.05, 0) is 6.92 Å². The van der Waals surface area contributed by atoms with E-state index in [0.29, 0.717) is 6.61 Å². The van der Waals surface area contributed by atoms with Crippen LogP contribution in [0.4, 0.5) is 5.69 Å². The van der Waals surface area contributed by atoms with E-state index in [1.807, 2.05) is 0 Å². The van der Waals surface area contributed by atoms with Gasteiger partial charge in [0, 0.05) is 12.1 Å². The maximum atomic E-state index is 10.0. The van der Waals surface area contributed by atoms with Gasteiger partial charge in [0.25, 0.3) is 11.9 Å². The molecule has 74 valence electrons. The minimum atomic E-state index is -0.417. The first kappa shape index (κ1) is 11.9. The van der Waals surface area contributed by atoms with E-state index in [4.69, 9.17) is 5.26 Å². The topological polar surface area (TPSA) is 76.2 Å². The van der Waals surface area contributed by atoms with Gasteiger partial charge in [0.2, 0.25) is 0 Å². The van der Waals surface area contributed by atoms with Crippen LogP contribution < -0.4 is 0 Å². The lowest BCUT2D eigenvalue weighted by Crippen LogP contribution is -1.84. The van der Waals surface area contributed by atoms with Gasteiger partial charge in [-0.15, -0.1) is 0 Å². The number of non-ortho nitro benzene ring substituents is 1. The van der Waals surface area contributed by atoms with Crippen LogP contribution in [-0.4, -0.2) is 11.5 Å². The predicted molar refractivity (Wildman–Crippen MR) is 50.3 cm³/mol. The third-order valence-corrected chi connectivity index (χ3v) is 1.18. The van der Waals surface area contributed by atoms with Gasteiger partial charge in [-0.2, -0.15) is 5.26 Å². The van der Waals surface area contributed by atoms with Crippen LogP contribution in [-0.2, 0) is 4.74 Å². The van der Waals surface area contributed by atoms with Crippen molar-refractivity contribution < 1.29 is 9.66 Å². The van der Waals surface area contributed by atoms with Gasteiger partial charge < -0.3 is 4.74 Å². The van der Waals surface area contributed by atoms with E-state index in [9.17, 15) is 10.1 Å². The maximum absolute atomic E-state index is 10.0. The monoisotopic (exact) mass is 194 g/mol. The first-order valence-corrected chi connectivity index (χ1v) is 3.92. The van der Waals surface area contributed by atoms with E-state index < -0.39 is 4.92 Å². The van der Waals surface area contributed by atoms with E-state index in [-0.39, 0.29) is 5.69 Å². The second-order valence-corrected chi connectivity index (χ2v) is 2.12. The van der Waals surface area contributed by atoms with Crippen LogP contribution in [0, 0.1) is 21.6 Å². The van der Waals surface area contributed by atoms with Gasteiger partial charge in [0.15, 0.2) is 0 Å². The number of para-hydroxylation sites is 1. The Bertz CT molecular complexity index is 306. The van der Waals surface area contributed by atoms with Crippen molar-refractivity contribution >= 4 is 5.69 Å². The van der Waals surface area contributed by atoms with Crippen molar-refractivity contribution in [1.82, 2.24) is 0 Å². The molecule has 14 heavy (non-hydrogen) atoms. The largest absolute Gasteiger partial charge is 0.428 e. The Morgan fingerprint density at radius 3 is 2.29 bits per heavy atom. The van der Waals surface area contributed by atoms with Crippen LogP contribution in [0.15, 0.2) is 30.3 Å². The summed E-state index contributed by atoms with van der Waals surface area (Å²) >= 11 is 0. The lowest BCUT2D eigenvalue weighted by molar-refractivity contribution is -0.384. The van der Waals surface area contributed by atoms with Crippen molar-refractivity contribution in [2.24, 2.45) is 0 Å². The predicted octanol–water partition coefficient (Wildman–Crippen LogP) is 2.10. The summed E-state index contributed by atoms with van der Waals surface area (Å²) in [7, 11) is 0. The fourth-order valence-corrected chi connectivity index (χ4v) is 0.614. The van der Waals surface area contributed by atoms with Gasteiger partial charge >= 0.3 is 0 Å². The molecule has 0 saturated carbocycles. The van der Waals surface area contributed by atoms with Crippen LogP contribution in [0.25, 0.3) is 0 Å². The molecule has 0 aromatic heterocycles. The third-order valence-electron chi connectivity index (χ3n) is 1.18. The van der Waals surface area contributed by atoms with Crippen LogP contribution >= 0.6 is 0 Å². The Hall–Kier alpha value is -2.09. The molecule has 0 unspecified atom stereocenters. The SMILES string of the molecule is CCOC#N.O=[N+]([O-])c1ccccc1. The maximum Gasteiger partial charge on any atom is 0.286 e. The number of nitriles is 1. The molecule has 0 aliphatic carbocycles. The van der Waals surface area contributed by atoms with Gasteiger partial charge in [-0.1, -0.05) is 18.2 Å². The summed E-state index contributed by atoms with van der Waals surface area (Å²) in [5, 5.41) is 17.6. The Labute approximate surface area is 81.7 Å². The molecular formula is C9H10N2O3. The highest BCUT2D eigenvalue weighted by Crippen LogP contribution is 2.06. The zero-order chi connectivity index (χ0) is 10.8. The standard InChI is InChI=1S/C6H5NO2.C3H5NO/c8-7(9)6-4-2-1-3-5-6;1-2-5-3-4/h1-5H;2H2,1H3. The van der Waals surface area contributed by atoms with Crippen LogP contribution in [0.3, 0.4) is 0 Å². The third kappa shape index (κ3) is 5.55. The molecule has 0 aliphatic heterocycles. The molecule has 5 heteroatoms. The van der Waals surface area contributed by atoms with Crippen molar-refractivity contribution in [1.29, 1.82) is 5.26 Å². The fraction of sp³-hybridized carbons (Fsp3) is 0.222. The molecule has 0 atom stereocenters. The van der Waals surface area contributed by atoms with Crippen molar-refractivity contribution in [3.8, 4) is 6.26 Å². The molecule has 0 radical (unpaired) electrons. The highest BCUT2D eigenvalue weighted by Gasteiger charge is 1.98. The number of benzene rings is 1. The molecule has 0 N–H and O–H groups in total. The number of nitro groups is 1. The fourth-order valence-electron chi connectivity index (χ4n) is 0.614. The molecule has 0 heterocycles. The highest BCUT2D eigenvalue weighted by molar-refractivity contribution is 5.27. The van der Waals surface area contributed by atoms with Crippen LogP contribution in [0.5, 0.6) is 0 Å². The number of hydrogen-bond donors (Lipinski definition) is 0. The molecule has 0 amide bonds. The summed E-state index contributed by atoms with van der Waals surface area (Å²) in [5.74, 6) is 0. The Morgan fingerprint density at radius 2 is 2.07 bits per heavy atom. The normalized spacial score (nSPS) is 7.71. The van der Waals surface area contributed by atoms with Crippen molar-refractivity contribution in [3.63, 3.8) is 0 Å². The second kappa shape index (κ2) is 7.55. The average molecular weight is 194 g/mol. The van der Waals surface area contributed by atoms with Crippen molar-refractivity contribution in [2.75, 3.05) is 6.61 Å². The second-order valence-electron chi connectivity index (χ2n) is 2.12. The minimum absolute atomic E-state index is 0.137. The molecular weight excluding hydrogens is 184 g/mol. The first-order valence-electron chi connectivity index (χ1n) is 3.92. The minimum Gasteiger partial charge on any atom is -0.428 e. The quantitative estimate of drug-likeness (QED) is 0.410. The summed E-state index contributed by atoms with van der Waals surface area (Å²) < 4.78 is 4.14. The molecule has 0 fully saturated rings. The zero-order valence-corrected chi connectivity index (χ0v) is 7.71. The number of nitrogens with zero attached hydrogens (tertiary/aromatic N) is 2. The summed E-state index contributed by atoms with van der Waals surface area (Å²) in [6.45, 7) is 2.25. The van der Waals surface area contributed by atoms with Crippen molar-refractivity contribution in [2.45, 2.75) is 6.92 Å². The van der Waals surface area contributed by atoms with E-state index in [0.717, 1.165) is 0 Å². The van der Waals surface area contributed by atoms with Crippen LogP contribution in [0.2, 0.25) is 0 Å². The average Bonchev–Trinajstić information content (AvgIpc) is 2.21. The zero-order valence-electron chi connectivity index (χ0n) is 7.71. The Balaban J connectivity index is 0.000000292. The number of rotatable bonds is 2. The van der Waals surface area contributed by atoms with Gasteiger partial charge in [0.1, 0.15) is 0 Å². The van der Waals surface area contributed by atoms with Gasteiger partial charge in [-0.25, -0.2) is 0 Å². The molecule has 0 spiro atoms. The molecule has 0 aliphatic rings. The van der Waals surface area contributed by atoms with Crippen LogP contribution in [0.1, 0.15) is 6.92 Å². The molecule has 1 rings (SSSR count). The molecule has 0 saturated heterocycles. The van der Waals surface area contributed by atoms with E-state index >= 15 is 0 Å². The summed E-state index contributed by atoms with van der Waals surface area (Å²) in [6.07, 6.45) is 1.52. The Kier molecular flexibility index (Phi) is 6.43. The first-order chi connectivity index (χ1) is 6.72. The highest BCUT2D eigenvalue weighted by atomic mass is 16.6. The number of hydrogen-bond acceptors (Lipinski definition) is 4. The summed E-state index contributed by atoms with van der Waals surface area (Å²) in [6, 6.07) is 7.93. The Morgan fingerprint density at radius 1 is 1.50 bits per heavy atom. The van der Waals surface area contributed by atoms with E-state index in [1.165, 1.54) is 18.4 Å². The lowest BCUT2D eigenvalue weighted by atomic mass is 10.3. The van der Waals surface area contributed by atoms with E-state index in [1.54, 1.807) is 25.1 Å². The number of nitro benzene ring substituents is 1. The summed E-state index contributed by atoms with van der Waals surface area (Å²) in [5.41, 5.74) is 0.137. The molecule has 5 nitrogen and oxygen atoms in total. The van der Waals surface area contributed by atoms with E-state index in [2.05, 4.69) is 4.74 Å². The van der Waals surface area contributed by atoms with Crippen molar-refractivity contribution in [3.05, 3.63) is 40.4 Å². The lowest BCUT2D eigenvalue weighted by Gasteiger charge is -1.85.